The molecule has 1 heterocycles. The fourth-order valence-corrected chi connectivity index (χ4v) is 11.1. The normalized spacial score (nSPS) is 17.4. The maximum Gasteiger partial charge on any atom is 0.330 e. The van der Waals surface area contributed by atoms with Gasteiger partial charge in [-0.1, -0.05) is 107 Å². The van der Waals surface area contributed by atoms with E-state index in [2.05, 4.69) is 101 Å². The average Bonchev–Trinajstić information content (AvgIpc) is 3.07. The first kappa shape index (κ1) is 36.2. The monoisotopic (exact) mass is 656 g/mol. The van der Waals surface area contributed by atoms with Crippen LogP contribution in [-0.2, 0) is 25.3 Å². The molecule has 47 heavy (non-hydrogen) atoms. The van der Waals surface area contributed by atoms with E-state index in [0.29, 0.717) is 23.8 Å². The Bertz CT molecular complexity index is 1410. The van der Waals surface area contributed by atoms with Crippen molar-refractivity contribution in [2.24, 2.45) is 5.92 Å². The van der Waals surface area contributed by atoms with E-state index in [0.717, 1.165) is 37.9 Å². The summed E-state index contributed by atoms with van der Waals surface area (Å²) in [5, 5.41) is 2.62. The molecule has 3 atom stereocenters. The summed E-state index contributed by atoms with van der Waals surface area (Å²) in [4.78, 5) is 12.4. The Morgan fingerprint density at radius 1 is 0.979 bits per heavy atom. The van der Waals surface area contributed by atoms with Crippen LogP contribution in [0.2, 0.25) is 5.04 Å². The molecular weight excluding hydrogens is 605 g/mol. The first-order valence-electron chi connectivity index (χ1n) is 16.8. The number of carbonyl (C=O) groups excluding carboxylic acids is 1. The van der Waals surface area contributed by atoms with Gasteiger partial charge >= 0.3 is 5.97 Å². The number of esters is 1. The molecule has 252 valence electrons. The van der Waals surface area contributed by atoms with Crippen LogP contribution in [0.15, 0.2) is 103 Å². The van der Waals surface area contributed by atoms with E-state index >= 15 is 0 Å². The number of benzene rings is 3. The van der Waals surface area contributed by atoms with E-state index in [1.165, 1.54) is 16.4 Å². The number of rotatable bonds is 16. The Hall–Kier alpha value is -3.65. The minimum absolute atomic E-state index is 0.0200. The Labute approximate surface area is 282 Å². The lowest BCUT2D eigenvalue weighted by atomic mass is 9.95. The molecule has 3 aromatic carbocycles. The number of ether oxygens (including phenoxy) is 4. The molecule has 0 spiro atoms. The van der Waals surface area contributed by atoms with Gasteiger partial charge in [0.2, 0.25) is 0 Å². The number of hydrogen-bond donors (Lipinski definition) is 0. The van der Waals surface area contributed by atoms with Gasteiger partial charge in [0, 0.05) is 24.3 Å². The van der Waals surface area contributed by atoms with E-state index in [-0.39, 0.29) is 23.9 Å². The van der Waals surface area contributed by atoms with E-state index < -0.39 is 14.3 Å². The molecule has 4 rings (SSSR count). The zero-order valence-electron chi connectivity index (χ0n) is 28.9. The first-order valence-corrected chi connectivity index (χ1v) is 18.7. The summed E-state index contributed by atoms with van der Waals surface area (Å²) in [6.45, 7) is 10.1. The lowest BCUT2D eigenvalue weighted by Crippen LogP contribution is -2.66. The van der Waals surface area contributed by atoms with Crippen LogP contribution in [0.1, 0.15) is 65.4 Å². The van der Waals surface area contributed by atoms with Crippen molar-refractivity contribution in [2.75, 3.05) is 20.8 Å². The van der Waals surface area contributed by atoms with Crippen molar-refractivity contribution < 1.29 is 28.2 Å². The highest BCUT2D eigenvalue weighted by Crippen LogP contribution is 2.37. The summed E-state index contributed by atoms with van der Waals surface area (Å²) in [7, 11) is 0.672. The quantitative estimate of drug-likeness (QED) is 0.0516. The molecule has 0 N–H and O–H groups in total. The van der Waals surface area contributed by atoms with E-state index in [9.17, 15) is 4.79 Å². The van der Waals surface area contributed by atoms with Crippen LogP contribution in [0.4, 0.5) is 0 Å². The third-order valence-corrected chi connectivity index (χ3v) is 13.9. The Balaban J connectivity index is 1.23. The van der Waals surface area contributed by atoms with Gasteiger partial charge in [0.1, 0.15) is 18.1 Å². The summed E-state index contributed by atoms with van der Waals surface area (Å²) in [5.74, 6) is 1.42. The third kappa shape index (κ3) is 9.92. The van der Waals surface area contributed by atoms with Gasteiger partial charge in [0.05, 0.1) is 26.4 Å². The van der Waals surface area contributed by atoms with Crippen molar-refractivity contribution in [3.8, 4) is 11.5 Å². The van der Waals surface area contributed by atoms with Crippen molar-refractivity contribution in [2.45, 2.75) is 83.7 Å². The topological polar surface area (TPSA) is 63.2 Å². The molecule has 0 amide bonds. The molecule has 3 aromatic rings. The highest BCUT2D eigenvalue weighted by atomic mass is 28.4. The SMILES string of the molecule is COc1ccc(COC(=O)/C=C\C[C@@H]2C=CC[C@@H](C[C@@H](C)CCCO[Si](c3ccccc3)(c3ccccc3)C(C)(C)C)O2)c(OC)c1. The molecule has 0 fully saturated rings. The molecule has 0 saturated heterocycles. The van der Waals surface area contributed by atoms with Gasteiger partial charge < -0.3 is 23.4 Å². The van der Waals surface area contributed by atoms with E-state index in [4.69, 9.17) is 23.4 Å². The van der Waals surface area contributed by atoms with Gasteiger partial charge in [-0.25, -0.2) is 4.79 Å². The van der Waals surface area contributed by atoms with Crippen LogP contribution in [-0.4, -0.2) is 47.3 Å². The zero-order valence-corrected chi connectivity index (χ0v) is 29.9. The fraction of sp³-hybridized carbons (Fsp3) is 0.425. The summed E-state index contributed by atoms with van der Waals surface area (Å²) in [6, 6.07) is 27.1. The summed E-state index contributed by atoms with van der Waals surface area (Å²) >= 11 is 0. The summed E-state index contributed by atoms with van der Waals surface area (Å²) < 4.78 is 29.5. The maximum absolute atomic E-state index is 12.4. The van der Waals surface area contributed by atoms with Crippen molar-refractivity contribution >= 4 is 24.7 Å². The number of hydrogen-bond acceptors (Lipinski definition) is 6. The van der Waals surface area contributed by atoms with Gasteiger partial charge in [-0.3, -0.25) is 0 Å². The standard InChI is InChI=1S/C40H52O6Si/c1-31(16-15-27-45-47(40(2,3)4,36-20-9-7-10-21-36)37-22-11-8-12-23-37)28-35-19-13-17-33(46-35)18-14-24-39(41)44-30-32-25-26-34(42-5)29-38(32)43-6/h7-14,17,20-26,29,31,33,35H,15-16,18-19,27-28,30H2,1-6H3/b24-14-/t31-,33-,35-/m0/s1. The van der Waals surface area contributed by atoms with Crippen molar-refractivity contribution in [3.05, 3.63) is 109 Å². The predicted octanol–water partition coefficient (Wildman–Crippen LogP) is 7.79. The first-order chi connectivity index (χ1) is 22.7. The predicted molar refractivity (Wildman–Crippen MR) is 192 cm³/mol. The average molecular weight is 657 g/mol. The summed E-state index contributed by atoms with van der Waals surface area (Å²) in [6.07, 6.45) is 12.3. The smallest absolute Gasteiger partial charge is 0.330 e. The lowest BCUT2D eigenvalue weighted by Gasteiger charge is -2.43. The van der Waals surface area contributed by atoms with Crippen LogP contribution in [0.3, 0.4) is 0 Å². The fourth-order valence-electron chi connectivity index (χ4n) is 6.47. The Morgan fingerprint density at radius 3 is 2.28 bits per heavy atom. The molecule has 0 radical (unpaired) electrons. The Morgan fingerprint density at radius 2 is 1.66 bits per heavy atom. The lowest BCUT2D eigenvalue weighted by molar-refractivity contribution is -0.139. The van der Waals surface area contributed by atoms with Crippen molar-refractivity contribution in [1.82, 2.24) is 0 Å². The van der Waals surface area contributed by atoms with Crippen LogP contribution in [0, 0.1) is 5.92 Å². The van der Waals surface area contributed by atoms with Crippen LogP contribution >= 0.6 is 0 Å². The molecule has 0 aliphatic carbocycles. The second kappa shape index (κ2) is 17.5. The maximum atomic E-state index is 12.4. The van der Waals surface area contributed by atoms with Gasteiger partial charge in [-0.05, 0) is 65.6 Å². The van der Waals surface area contributed by atoms with Gasteiger partial charge in [-0.2, -0.15) is 0 Å². The molecule has 6 nitrogen and oxygen atoms in total. The van der Waals surface area contributed by atoms with Gasteiger partial charge in [0.15, 0.2) is 0 Å². The molecule has 0 unspecified atom stereocenters. The van der Waals surface area contributed by atoms with Gasteiger partial charge in [0.25, 0.3) is 8.32 Å². The second-order valence-electron chi connectivity index (χ2n) is 13.4. The van der Waals surface area contributed by atoms with Crippen molar-refractivity contribution in [1.29, 1.82) is 0 Å². The van der Waals surface area contributed by atoms with Gasteiger partial charge in [-0.15, -0.1) is 0 Å². The number of methoxy groups -OCH3 is 2. The minimum atomic E-state index is -2.51. The molecular formula is C40H52O6Si. The van der Waals surface area contributed by atoms with Crippen molar-refractivity contribution in [3.63, 3.8) is 0 Å². The minimum Gasteiger partial charge on any atom is -0.497 e. The zero-order chi connectivity index (χ0) is 33.7. The highest BCUT2D eigenvalue weighted by Gasteiger charge is 2.49. The molecule has 7 heteroatoms. The molecule has 0 aromatic heterocycles. The molecule has 0 bridgehead atoms. The summed E-state index contributed by atoms with van der Waals surface area (Å²) in [5.41, 5.74) is 0.778. The highest BCUT2D eigenvalue weighted by molar-refractivity contribution is 6.99. The Kier molecular flexibility index (Phi) is 13.5. The second-order valence-corrected chi connectivity index (χ2v) is 17.7. The number of carbonyl (C=O) groups is 1. The van der Waals surface area contributed by atoms with E-state index in [1.54, 1.807) is 20.3 Å². The molecule has 0 saturated carbocycles. The largest absolute Gasteiger partial charge is 0.497 e. The van der Waals surface area contributed by atoms with Crippen LogP contribution < -0.4 is 19.8 Å². The molecule has 1 aliphatic heterocycles. The van der Waals surface area contributed by atoms with Crippen LogP contribution in [0.25, 0.3) is 0 Å². The third-order valence-electron chi connectivity index (χ3n) is 8.85. The van der Waals surface area contributed by atoms with E-state index in [1.807, 2.05) is 18.2 Å². The molecule has 1 aliphatic rings. The van der Waals surface area contributed by atoms with Crippen LogP contribution in [0.5, 0.6) is 11.5 Å².